The van der Waals surface area contributed by atoms with Crippen LogP contribution in [0.5, 0.6) is 0 Å². The van der Waals surface area contributed by atoms with Crippen LogP contribution in [0.4, 0.5) is 0 Å². The minimum Gasteiger partial charge on any atom is -0.301 e. The highest BCUT2D eigenvalue weighted by molar-refractivity contribution is 6.18. The van der Waals surface area contributed by atoms with Crippen molar-refractivity contribution in [1.29, 1.82) is 0 Å². The van der Waals surface area contributed by atoms with Crippen LogP contribution in [0.25, 0.3) is 0 Å². The molecule has 0 bridgehead atoms. The number of fused-ring (bicyclic) bond motifs is 1. The van der Waals surface area contributed by atoms with Crippen LogP contribution in [0.15, 0.2) is 0 Å². The zero-order chi connectivity index (χ0) is 12.8. The fraction of sp³-hybridized carbons (Fsp3) is 1.00. The summed E-state index contributed by atoms with van der Waals surface area (Å²) in [6.45, 7) is 5.81. The van der Waals surface area contributed by atoms with E-state index in [1.54, 1.807) is 0 Å². The summed E-state index contributed by atoms with van der Waals surface area (Å²) >= 11 is 11.8. The molecule has 0 amide bonds. The van der Waals surface area contributed by atoms with Gasteiger partial charge in [0, 0.05) is 37.4 Å². The smallest absolute Gasteiger partial charge is 0.0351 e. The molecule has 2 aliphatic heterocycles. The number of alkyl halides is 2. The lowest BCUT2D eigenvalue weighted by Crippen LogP contribution is -2.51. The van der Waals surface area contributed by atoms with E-state index in [0.29, 0.717) is 0 Å². The van der Waals surface area contributed by atoms with Gasteiger partial charge in [0.25, 0.3) is 0 Å². The second kappa shape index (κ2) is 7.94. The maximum absolute atomic E-state index is 5.89. The van der Waals surface area contributed by atoms with E-state index in [1.807, 2.05) is 0 Å². The highest BCUT2D eigenvalue weighted by Crippen LogP contribution is 2.31. The Morgan fingerprint density at radius 3 is 2.39 bits per heavy atom. The molecule has 18 heavy (non-hydrogen) atoms. The van der Waals surface area contributed by atoms with E-state index in [0.717, 1.165) is 36.8 Å². The number of hydrogen-bond acceptors (Lipinski definition) is 2. The van der Waals surface area contributed by atoms with Crippen molar-refractivity contribution in [3.05, 3.63) is 0 Å². The first-order chi connectivity index (χ1) is 8.85. The zero-order valence-corrected chi connectivity index (χ0v) is 12.8. The quantitative estimate of drug-likeness (QED) is 0.695. The summed E-state index contributed by atoms with van der Waals surface area (Å²) in [4.78, 5) is 5.19. The highest BCUT2D eigenvalue weighted by atomic mass is 35.5. The molecular weight excluding hydrogens is 267 g/mol. The monoisotopic (exact) mass is 292 g/mol. The fourth-order valence-electron chi connectivity index (χ4n) is 3.66. The molecule has 106 valence electrons. The van der Waals surface area contributed by atoms with Crippen LogP contribution in [0, 0.1) is 5.92 Å². The van der Waals surface area contributed by atoms with E-state index in [1.165, 1.54) is 51.7 Å². The maximum atomic E-state index is 5.89. The summed E-state index contributed by atoms with van der Waals surface area (Å²) < 4.78 is 0. The summed E-state index contributed by atoms with van der Waals surface area (Å²) in [6, 6.07) is 0.834. The largest absolute Gasteiger partial charge is 0.301 e. The van der Waals surface area contributed by atoms with Gasteiger partial charge in [-0.05, 0) is 44.7 Å². The van der Waals surface area contributed by atoms with Crippen LogP contribution in [0.3, 0.4) is 0 Å². The molecule has 0 spiro atoms. The molecule has 0 saturated carbocycles. The van der Waals surface area contributed by atoms with Crippen molar-refractivity contribution in [2.45, 2.75) is 38.1 Å². The van der Waals surface area contributed by atoms with Gasteiger partial charge in [0.1, 0.15) is 0 Å². The summed E-state index contributed by atoms with van der Waals surface area (Å²) in [6.07, 6.45) is 6.98. The number of rotatable bonds is 6. The number of halogens is 2. The van der Waals surface area contributed by atoms with Crippen LogP contribution in [-0.2, 0) is 0 Å². The molecule has 0 aromatic rings. The van der Waals surface area contributed by atoms with Crippen molar-refractivity contribution in [3.63, 3.8) is 0 Å². The average Bonchev–Trinajstić information content (AvgIpc) is 2.40. The lowest BCUT2D eigenvalue weighted by atomic mass is 9.83. The van der Waals surface area contributed by atoms with E-state index >= 15 is 0 Å². The summed E-state index contributed by atoms with van der Waals surface area (Å²) in [5.41, 5.74) is 0. The van der Waals surface area contributed by atoms with E-state index in [9.17, 15) is 0 Å². The Bertz CT molecular complexity index is 230. The van der Waals surface area contributed by atoms with Gasteiger partial charge in [0.15, 0.2) is 0 Å². The molecule has 2 nitrogen and oxygen atoms in total. The van der Waals surface area contributed by atoms with E-state index in [4.69, 9.17) is 23.2 Å². The molecule has 0 aromatic carbocycles. The van der Waals surface area contributed by atoms with Crippen molar-refractivity contribution in [3.8, 4) is 0 Å². The minimum atomic E-state index is 0.720. The molecule has 2 heterocycles. The molecule has 2 rings (SSSR count). The van der Waals surface area contributed by atoms with Crippen molar-refractivity contribution in [2.75, 3.05) is 44.5 Å². The molecule has 2 saturated heterocycles. The first-order valence-electron chi connectivity index (χ1n) is 7.43. The van der Waals surface area contributed by atoms with E-state index < -0.39 is 0 Å². The standard InChI is InChI=1S/C14H26Cl2N2/c15-6-10-17(11-7-16)12-13-4-3-9-18-8-2-1-5-14(13)18/h13-14H,1-12H2. The third-order valence-corrected chi connectivity index (χ3v) is 4.86. The average molecular weight is 293 g/mol. The van der Waals surface area contributed by atoms with Gasteiger partial charge < -0.3 is 9.80 Å². The van der Waals surface area contributed by atoms with Gasteiger partial charge >= 0.3 is 0 Å². The van der Waals surface area contributed by atoms with Gasteiger partial charge in [0.05, 0.1) is 0 Å². The third-order valence-electron chi connectivity index (χ3n) is 4.52. The van der Waals surface area contributed by atoms with E-state index in [2.05, 4.69) is 9.80 Å². The number of nitrogens with zero attached hydrogens (tertiary/aromatic N) is 2. The van der Waals surface area contributed by atoms with Crippen LogP contribution in [-0.4, -0.2) is 60.3 Å². The molecule has 2 fully saturated rings. The lowest BCUT2D eigenvalue weighted by molar-refractivity contribution is 0.0424. The third kappa shape index (κ3) is 4.00. The topological polar surface area (TPSA) is 6.48 Å². The van der Waals surface area contributed by atoms with E-state index in [-0.39, 0.29) is 0 Å². The van der Waals surface area contributed by atoms with Gasteiger partial charge in [-0.1, -0.05) is 6.42 Å². The van der Waals surface area contributed by atoms with Crippen LogP contribution >= 0.6 is 23.2 Å². The highest BCUT2D eigenvalue weighted by Gasteiger charge is 2.33. The molecule has 0 N–H and O–H groups in total. The Morgan fingerprint density at radius 2 is 1.67 bits per heavy atom. The minimum absolute atomic E-state index is 0.720. The van der Waals surface area contributed by atoms with Gasteiger partial charge in [-0.25, -0.2) is 0 Å². The molecule has 0 radical (unpaired) electrons. The van der Waals surface area contributed by atoms with Gasteiger partial charge in [-0.2, -0.15) is 0 Å². The molecule has 2 atom stereocenters. The predicted molar refractivity (Wildman–Crippen MR) is 79.8 cm³/mol. The first kappa shape index (κ1) is 14.9. The van der Waals surface area contributed by atoms with Crippen LogP contribution in [0.2, 0.25) is 0 Å². The van der Waals surface area contributed by atoms with Crippen LogP contribution < -0.4 is 0 Å². The first-order valence-corrected chi connectivity index (χ1v) is 8.50. The number of piperidine rings is 2. The van der Waals surface area contributed by atoms with Gasteiger partial charge in [0.2, 0.25) is 0 Å². The zero-order valence-electron chi connectivity index (χ0n) is 11.3. The molecule has 2 aliphatic rings. The molecule has 0 aliphatic carbocycles. The number of hydrogen-bond donors (Lipinski definition) is 0. The molecule has 2 unspecified atom stereocenters. The maximum Gasteiger partial charge on any atom is 0.0351 e. The normalized spacial score (nSPS) is 29.5. The Hall–Kier alpha value is 0.500. The van der Waals surface area contributed by atoms with Crippen molar-refractivity contribution < 1.29 is 0 Å². The van der Waals surface area contributed by atoms with Crippen molar-refractivity contribution in [1.82, 2.24) is 9.80 Å². The van der Waals surface area contributed by atoms with Crippen molar-refractivity contribution >= 4 is 23.2 Å². The summed E-state index contributed by atoms with van der Waals surface area (Å²) in [7, 11) is 0. The second-order valence-corrected chi connectivity index (χ2v) is 6.44. The van der Waals surface area contributed by atoms with Crippen molar-refractivity contribution in [2.24, 2.45) is 5.92 Å². The Morgan fingerprint density at radius 1 is 0.944 bits per heavy atom. The van der Waals surface area contributed by atoms with Gasteiger partial charge in [-0.15, -0.1) is 23.2 Å². The predicted octanol–water partition coefficient (Wildman–Crippen LogP) is 3.03. The van der Waals surface area contributed by atoms with Gasteiger partial charge in [-0.3, -0.25) is 0 Å². The van der Waals surface area contributed by atoms with Crippen LogP contribution in [0.1, 0.15) is 32.1 Å². The molecule has 0 aromatic heterocycles. The second-order valence-electron chi connectivity index (χ2n) is 5.68. The Balaban J connectivity index is 1.88. The fourth-order valence-corrected chi connectivity index (χ4v) is 4.13. The SMILES string of the molecule is ClCCN(CCCl)CC1CCCN2CCCCC12. The summed E-state index contributed by atoms with van der Waals surface area (Å²) in [5.74, 6) is 2.28. The Kier molecular flexibility index (Phi) is 6.57. The molecule has 4 heteroatoms. The summed E-state index contributed by atoms with van der Waals surface area (Å²) in [5, 5.41) is 0. The lowest BCUT2D eigenvalue weighted by Gasteiger charge is -2.45. The molecular formula is C14H26Cl2N2. The Labute approximate surface area is 122 Å².